The van der Waals surface area contributed by atoms with Gasteiger partial charge in [0.25, 0.3) is 5.69 Å². The Labute approximate surface area is 126 Å². The molecule has 20 heavy (non-hydrogen) atoms. The summed E-state index contributed by atoms with van der Waals surface area (Å²) in [7, 11) is 0. The lowest BCUT2D eigenvalue weighted by Crippen LogP contribution is -2.49. The maximum atomic E-state index is 11.0. The zero-order chi connectivity index (χ0) is 14.6. The summed E-state index contributed by atoms with van der Waals surface area (Å²) in [5, 5.41) is 24.0. The van der Waals surface area contributed by atoms with Crippen molar-refractivity contribution in [1.29, 1.82) is 0 Å². The van der Waals surface area contributed by atoms with E-state index < -0.39 is 0 Å². The van der Waals surface area contributed by atoms with Crippen molar-refractivity contribution in [3.05, 3.63) is 38.3 Å². The van der Waals surface area contributed by atoms with Gasteiger partial charge in [0.05, 0.1) is 11.5 Å². The Hall–Kier alpha value is -0.980. The molecule has 0 unspecified atom stereocenters. The van der Waals surface area contributed by atoms with Crippen LogP contribution in [0.25, 0.3) is 0 Å². The van der Waals surface area contributed by atoms with E-state index in [0.29, 0.717) is 12.1 Å². The molecular weight excluding hydrogens is 324 g/mol. The van der Waals surface area contributed by atoms with Crippen molar-refractivity contribution < 1.29 is 10.0 Å². The van der Waals surface area contributed by atoms with Crippen molar-refractivity contribution >= 4 is 21.6 Å². The third-order valence-corrected chi connectivity index (χ3v) is 4.50. The number of nitro groups is 1. The highest BCUT2D eigenvalue weighted by Gasteiger charge is 2.31. The molecule has 0 radical (unpaired) electrons. The molecule has 0 heterocycles. The number of benzene rings is 1. The predicted octanol–water partition coefficient (Wildman–Crippen LogP) is 3.14. The molecule has 2 N–H and O–H groups in total. The summed E-state index contributed by atoms with van der Waals surface area (Å²) in [4.78, 5) is 10.7. The van der Waals surface area contributed by atoms with Gasteiger partial charge in [0.1, 0.15) is 0 Å². The fraction of sp³-hybridized carbons (Fsp3) is 0.571. The van der Waals surface area contributed by atoms with Crippen molar-refractivity contribution in [2.75, 3.05) is 6.61 Å². The predicted molar refractivity (Wildman–Crippen MR) is 80.5 cm³/mol. The molecule has 0 amide bonds. The quantitative estimate of drug-likeness (QED) is 0.636. The lowest BCUT2D eigenvalue weighted by atomic mass is 9.82. The highest BCUT2D eigenvalue weighted by atomic mass is 79.9. The van der Waals surface area contributed by atoms with Crippen molar-refractivity contribution in [1.82, 2.24) is 5.32 Å². The fourth-order valence-electron chi connectivity index (χ4n) is 2.78. The van der Waals surface area contributed by atoms with Crippen LogP contribution < -0.4 is 5.32 Å². The average Bonchev–Trinajstić information content (AvgIpc) is 2.46. The molecule has 6 heteroatoms. The average molecular weight is 343 g/mol. The van der Waals surface area contributed by atoms with Gasteiger partial charge in [-0.3, -0.25) is 10.1 Å². The van der Waals surface area contributed by atoms with E-state index in [0.717, 1.165) is 30.2 Å². The van der Waals surface area contributed by atoms with E-state index in [1.54, 1.807) is 12.1 Å². The highest BCUT2D eigenvalue weighted by Crippen LogP contribution is 2.29. The number of aliphatic hydroxyl groups is 1. The second kappa shape index (κ2) is 6.65. The second-order valence-electron chi connectivity index (χ2n) is 5.38. The van der Waals surface area contributed by atoms with Gasteiger partial charge in [-0.05, 0) is 25.0 Å². The molecule has 1 aliphatic carbocycles. The SMILES string of the molecule is O=[N+]([O-])c1ccc(Br)cc1CNC1(CO)CCCCC1. The number of hydrogen-bond donors (Lipinski definition) is 2. The number of nitrogens with one attached hydrogen (secondary N) is 1. The van der Waals surface area contributed by atoms with E-state index in [4.69, 9.17) is 0 Å². The highest BCUT2D eigenvalue weighted by molar-refractivity contribution is 9.10. The maximum absolute atomic E-state index is 11.0. The van der Waals surface area contributed by atoms with Gasteiger partial charge in [-0.2, -0.15) is 0 Å². The molecule has 0 bridgehead atoms. The summed E-state index contributed by atoms with van der Waals surface area (Å²) in [6.07, 6.45) is 5.22. The van der Waals surface area contributed by atoms with Crippen LogP contribution in [0.2, 0.25) is 0 Å². The molecule has 0 saturated heterocycles. The minimum Gasteiger partial charge on any atom is -0.394 e. The first-order valence-electron chi connectivity index (χ1n) is 6.85. The number of aliphatic hydroxyl groups excluding tert-OH is 1. The van der Waals surface area contributed by atoms with Gasteiger partial charge in [-0.1, -0.05) is 35.2 Å². The summed E-state index contributed by atoms with van der Waals surface area (Å²) < 4.78 is 0.821. The molecule has 1 aliphatic rings. The third-order valence-electron chi connectivity index (χ3n) is 4.01. The van der Waals surface area contributed by atoms with Crippen molar-refractivity contribution in [2.24, 2.45) is 0 Å². The standard InChI is InChI=1S/C14H19BrN2O3/c15-12-4-5-13(17(19)20)11(8-12)9-16-14(10-18)6-2-1-3-7-14/h4-5,8,16,18H,1-3,6-7,9-10H2. The topological polar surface area (TPSA) is 75.4 Å². The normalized spacial score (nSPS) is 17.9. The first-order valence-corrected chi connectivity index (χ1v) is 7.64. The number of hydrogen-bond acceptors (Lipinski definition) is 4. The van der Waals surface area contributed by atoms with Gasteiger partial charge in [-0.25, -0.2) is 0 Å². The fourth-order valence-corrected chi connectivity index (χ4v) is 3.18. The van der Waals surface area contributed by atoms with Crippen LogP contribution in [0.5, 0.6) is 0 Å². The minimum atomic E-state index is -0.365. The molecule has 110 valence electrons. The van der Waals surface area contributed by atoms with E-state index >= 15 is 0 Å². The maximum Gasteiger partial charge on any atom is 0.273 e. The van der Waals surface area contributed by atoms with Crippen molar-refractivity contribution in [2.45, 2.75) is 44.2 Å². The second-order valence-corrected chi connectivity index (χ2v) is 6.30. The zero-order valence-electron chi connectivity index (χ0n) is 11.3. The summed E-state index contributed by atoms with van der Waals surface area (Å²) in [6.45, 7) is 0.477. The molecule has 0 atom stereocenters. The van der Waals surface area contributed by atoms with Gasteiger partial charge in [0.2, 0.25) is 0 Å². The Balaban J connectivity index is 2.13. The van der Waals surface area contributed by atoms with Crippen LogP contribution in [0.15, 0.2) is 22.7 Å². The lowest BCUT2D eigenvalue weighted by Gasteiger charge is -2.36. The first kappa shape index (κ1) is 15.4. The van der Waals surface area contributed by atoms with Crippen LogP contribution in [0, 0.1) is 10.1 Å². The van der Waals surface area contributed by atoms with Gasteiger partial charge in [0.15, 0.2) is 0 Å². The van der Waals surface area contributed by atoms with Crippen LogP contribution >= 0.6 is 15.9 Å². The van der Waals surface area contributed by atoms with Crippen LogP contribution in [0.1, 0.15) is 37.7 Å². The lowest BCUT2D eigenvalue weighted by molar-refractivity contribution is -0.385. The van der Waals surface area contributed by atoms with Crippen LogP contribution in [0.3, 0.4) is 0 Å². The van der Waals surface area contributed by atoms with Crippen LogP contribution in [-0.2, 0) is 6.54 Å². The first-order chi connectivity index (χ1) is 9.56. The number of rotatable bonds is 5. The van der Waals surface area contributed by atoms with E-state index in [1.807, 2.05) is 0 Å². The monoisotopic (exact) mass is 342 g/mol. The summed E-state index contributed by atoms with van der Waals surface area (Å²) >= 11 is 3.34. The molecule has 2 rings (SSSR count). The van der Waals surface area contributed by atoms with Crippen LogP contribution in [-0.4, -0.2) is 22.2 Å². The third kappa shape index (κ3) is 3.56. The Morgan fingerprint density at radius 2 is 2.05 bits per heavy atom. The summed E-state index contributed by atoms with van der Waals surface area (Å²) in [5.74, 6) is 0. The summed E-state index contributed by atoms with van der Waals surface area (Å²) in [6, 6.07) is 4.94. The largest absolute Gasteiger partial charge is 0.394 e. The molecule has 0 aliphatic heterocycles. The van der Waals surface area contributed by atoms with Crippen molar-refractivity contribution in [3.63, 3.8) is 0 Å². The van der Waals surface area contributed by atoms with Gasteiger partial charge in [-0.15, -0.1) is 0 Å². The Kier molecular flexibility index (Phi) is 5.12. The van der Waals surface area contributed by atoms with E-state index in [1.165, 1.54) is 12.5 Å². The molecule has 1 aromatic rings. The number of halogens is 1. The van der Waals surface area contributed by atoms with Gasteiger partial charge >= 0.3 is 0 Å². The molecule has 0 aromatic heterocycles. The van der Waals surface area contributed by atoms with E-state index in [9.17, 15) is 15.2 Å². The minimum absolute atomic E-state index is 0.0782. The van der Waals surface area contributed by atoms with Gasteiger partial charge in [0, 0.05) is 28.2 Å². The van der Waals surface area contributed by atoms with Crippen LogP contribution in [0.4, 0.5) is 5.69 Å². The van der Waals surface area contributed by atoms with Gasteiger partial charge < -0.3 is 10.4 Å². The Bertz CT molecular complexity index is 487. The van der Waals surface area contributed by atoms with E-state index in [2.05, 4.69) is 21.2 Å². The van der Waals surface area contributed by atoms with Crippen molar-refractivity contribution in [3.8, 4) is 0 Å². The Morgan fingerprint density at radius 1 is 1.35 bits per heavy atom. The zero-order valence-corrected chi connectivity index (χ0v) is 12.9. The molecule has 5 nitrogen and oxygen atoms in total. The number of nitrogens with zero attached hydrogens (tertiary/aromatic N) is 1. The molecule has 0 spiro atoms. The molecule has 1 fully saturated rings. The summed E-state index contributed by atoms with van der Waals surface area (Å²) in [5.41, 5.74) is 0.474. The molecule has 1 aromatic carbocycles. The number of nitro benzene ring substituents is 1. The Morgan fingerprint density at radius 3 is 2.65 bits per heavy atom. The molecular formula is C14H19BrN2O3. The van der Waals surface area contributed by atoms with E-state index in [-0.39, 0.29) is 22.8 Å². The smallest absolute Gasteiger partial charge is 0.273 e. The molecule has 1 saturated carbocycles.